The van der Waals surface area contributed by atoms with E-state index in [2.05, 4.69) is 0 Å². The molecule has 1 N–H and O–H groups in total. The zero-order chi connectivity index (χ0) is 15.4. The van der Waals surface area contributed by atoms with Crippen LogP contribution in [-0.4, -0.2) is 18.8 Å². The van der Waals surface area contributed by atoms with Crippen LogP contribution in [0.15, 0.2) is 66.7 Å². The van der Waals surface area contributed by atoms with Crippen LogP contribution in [0.5, 0.6) is 11.5 Å². The van der Waals surface area contributed by atoms with E-state index in [1.807, 2.05) is 66.7 Å². The molecule has 3 aromatic carbocycles. The maximum atomic E-state index is 10.2. The second-order valence-corrected chi connectivity index (χ2v) is 5.05. The number of benzene rings is 3. The van der Waals surface area contributed by atoms with Crippen LogP contribution in [0.3, 0.4) is 0 Å². The van der Waals surface area contributed by atoms with E-state index in [0.29, 0.717) is 0 Å². The summed E-state index contributed by atoms with van der Waals surface area (Å²) in [5.74, 6) is 1.55. The Bertz CT molecular complexity index is 753. The van der Waals surface area contributed by atoms with Crippen molar-refractivity contribution in [1.82, 2.24) is 0 Å². The highest BCUT2D eigenvalue weighted by Gasteiger charge is 2.11. The molecular formula is C19H18O3. The lowest BCUT2D eigenvalue weighted by Crippen LogP contribution is -2.09. The van der Waals surface area contributed by atoms with Gasteiger partial charge in [-0.2, -0.15) is 0 Å². The van der Waals surface area contributed by atoms with Crippen LogP contribution in [0, 0.1) is 0 Å². The van der Waals surface area contributed by atoms with Crippen molar-refractivity contribution < 1.29 is 14.6 Å². The van der Waals surface area contributed by atoms with Crippen LogP contribution in [0.4, 0.5) is 0 Å². The molecule has 0 saturated heterocycles. The maximum absolute atomic E-state index is 10.2. The van der Waals surface area contributed by atoms with Crippen LogP contribution in [0.1, 0.15) is 11.7 Å². The van der Waals surface area contributed by atoms with Crippen molar-refractivity contribution >= 4 is 10.8 Å². The maximum Gasteiger partial charge on any atom is 0.127 e. The molecule has 0 bridgehead atoms. The first-order chi connectivity index (χ1) is 10.8. The number of ether oxygens (including phenoxy) is 2. The fourth-order valence-corrected chi connectivity index (χ4v) is 2.49. The number of aliphatic hydroxyl groups excluding tert-OH is 1. The minimum absolute atomic E-state index is 0.209. The molecule has 0 aromatic heterocycles. The summed E-state index contributed by atoms with van der Waals surface area (Å²) in [6.07, 6.45) is -0.651. The average molecular weight is 294 g/mol. The van der Waals surface area contributed by atoms with E-state index in [0.717, 1.165) is 27.8 Å². The molecule has 0 fully saturated rings. The average Bonchev–Trinajstić information content (AvgIpc) is 2.60. The van der Waals surface area contributed by atoms with Gasteiger partial charge < -0.3 is 14.6 Å². The van der Waals surface area contributed by atoms with E-state index < -0.39 is 6.10 Å². The van der Waals surface area contributed by atoms with E-state index in [9.17, 15) is 5.11 Å². The van der Waals surface area contributed by atoms with Gasteiger partial charge in [-0.3, -0.25) is 0 Å². The fourth-order valence-electron chi connectivity index (χ4n) is 2.49. The van der Waals surface area contributed by atoms with Gasteiger partial charge in [0.2, 0.25) is 0 Å². The minimum Gasteiger partial charge on any atom is -0.496 e. The molecule has 3 nitrogen and oxygen atoms in total. The van der Waals surface area contributed by atoms with Crippen LogP contribution >= 0.6 is 0 Å². The SMILES string of the molecule is COc1ccc(OCC(O)c2ccccc2)c2ccccc12. The van der Waals surface area contributed by atoms with Gasteiger partial charge in [-0.25, -0.2) is 0 Å². The standard InChI is InChI=1S/C19H18O3/c1-21-18-11-12-19(16-10-6-5-9-15(16)18)22-13-17(20)14-7-3-2-4-8-14/h2-12,17,20H,13H2,1H3. The molecular weight excluding hydrogens is 276 g/mol. The van der Waals surface area contributed by atoms with Gasteiger partial charge in [0.1, 0.15) is 24.2 Å². The molecule has 3 rings (SSSR count). The number of methoxy groups -OCH3 is 1. The Kier molecular flexibility index (Phi) is 4.26. The summed E-state index contributed by atoms with van der Waals surface area (Å²) in [6, 6.07) is 21.2. The Morgan fingerprint density at radius 2 is 1.41 bits per heavy atom. The third-order valence-electron chi connectivity index (χ3n) is 3.65. The minimum atomic E-state index is -0.651. The van der Waals surface area contributed by atoms with Gasteiger partial charge in [0, 0.05) is 10.8 Å². The van der Waals surface area contributed by atoms with Gasteiger partial charge in [0.25, 0.3) is 0 Å². The molecule has 1 atom stereocenters. The van der Waals surface area contributed by atoms with Gasteiger partial charge in [-0.1, -0.05) is 54.6 Å². The first kappa shape index (κ1) is 14.4. The molecule has 1 unspecified atom stereocenters. The van der Waals surface area contributed by atoms with Crippen LogP contribution in [-0.2, 0) is 0 Å². The number of aliphatic hydroxyl groups is 1. The number of hydrogen-bond acceptors (Lipinski definition) is 3. The summed E-state index contributed by atoms with van der Waals surface area (Å²) in [4.78, 5) is 0. The highest BCUT2D eigenvalue weighted by molar-refractivity contribution is 5.93. The quantitative estimate of drug-likeness (QED) is 0.774. The van der Waals surface area contributed by atoms with Crippen molar-refractivity contribution in [3.8, 4) is 11.5 Å². The topological polar surface area (TPSA) is 38.7 Å². The van der Waals surface area contributed by atoms with Gasteiger partial charge in [-0.05, 0) is 17.7 Å². The zero-order valence-corrected chi connectivity index (χ0v) is 12.4. The molecule has 3 heteroatoms. The van der Waals surface area contributed by atoms with E-state index in [1.54, 1.807) is 7.11 Å². The largest absolute Gasteiger partial charge is 0.496 e. The highest BCUT2D eigenvalue weighted by atomic mass is 16.5. The summed E-state index contributed by atoms with van der Waals surface area (Å²) in [7, 11) is 1.65. The summed E-state index contributed by atoms with van der Waals surface area (Å²) in [5.41, 5.74) is 0.848. The second-order valence-electron chi connectivity index (χ2n) is 5.05. The lowest BCUT2D eigenvalue weighted by molar-refractivity contribution is 0.109. The molecule has 0 saturated carbocycles. The van der Waals surface area contributed by atoms with Crippen LogP contribution < -0.4 is 9.47 Å². The predicted octanol–water partition coefficient (Wildman–Crippen LogP) is 3.96. The van der Waals surface area contributed by atoms with Crippen LogP contribution in [0.25, 0.3) is 10.8 Å². The molecule has 0 spiro atoms. The van der Waals surface area contributed by atoms with E-state index in [-0.39, 0.29) is 6.61 Å². The van der Waals surface area contributed by atoms with Crippen molar-refractivity contribution in [3.63, 3.8) is 0 Å². The molecule has 0 aliphatic carbocycles. The summed E-state index contributed by atoms with van der Waals surface area (Å²) >= 11 is 0. The Balaban J connectivity index is 1.83. The predicted molar refractivity (Wildman–Crippen MR) is 87.4 cm³/mol. The summed E-state index contributed by atoms with van der Waals surface area (Å²) in [5, 5.41) is 12.2. The van der Waals surface area contributed by atoms with E-state index >= 15 is 0 Å². The third-order valence-corrected chi connectivity index (χ3v) is 3.65. The van der Waals surface area contributed by atoms with Crippen molar-refractivity contribution in [2.24, 2.45) is 0 Å². The lowest BCUT2D eigenvalue weighted by Gasteiger charge is -2.15. The van der Waals surface area contributed by atoms with Gasteiger partial charge in [-0.15, -0.1) is 0 Å². The van der Waals surface area contributed by atoms with Crippen molar-refractivity contribution in [1.29, 1.82) is 0 Å². The van der Waals surface area contributed by atoms with E-state index in [1.165, 1.54) is 0 Å². The van der Waals surface area contributed by atoms with Crippen molar-refractivity contribution in [2.45, 2.75) is 6.10 Å². The second kappa shape index (κ2) is 6.50. The Labute approximate surface area is 129 Å². The van der Waals surface area contributed by atoms with Gasteiger partial charge >= 0.3 is 0 Å². The number of fused-ring (bicyclic) bond motifs is 1. The van der Waals surface area contributed by atoms with Gasteiger partial charge in [0.15, 0.2) is 0 Å². The Hall–Kier alpha value is -2.52. The normalized spacial score (nSPS) is 12.1. The highest BCUT2D eigenvalue weighted by Crippen LogP contribution is 2.33. The first-order valence-electron chi connectivity index (χ1n) is 7.21. The number of hydrogen-bond donors (Lipinski definition) is 1. The summed E-state index contributed by atoms with van der Waals surface area (Å²) < 4.78 is 11.2. The molecule has 0 aliphatic heterocycles. The first-order valence-corrected chi connectivity index (χ1v) is 7.21. The molecule has 0 amide bonds. The molecule has 0 radical (unpaired) electrons. The van der Waals surface area contributed by atoms with E-state index in [4.69, 9.17) is 9.47 Å². The summed E-state index contributed by atoms with van der Waals surface area (Å²) in [6.45, 7) is 0.209. The number of rotatable bonds is 5. The zero-order valence-electron chi connectivity index (χ0n) is 12.4. The molecule has 0 heterocycles. The fraction of sp³-hybridized carbons (Fsp3) is 0.158. The lowest BCUT2D eigenvalue weighted by atomic mass is 10.1. The van der Waals surface area contributed by atoms with Crippen LogP contribution in [0.2, 0.25) is 0 Å². The third kappa shape index (κ3) is 2.90. The molecule has 3 aromatic rings. The monoisotopic (exact) mass is 294 g/mol. The van der Waals surface area contributed by atoms with Gasteiger partial charge in [0.05, 0.1) is 7.11 Å². The Morgan fingerprint density at radius 1 is 0.818 bits per heavy atom. The van der Waals surface area contributed by atoms with Crippen molar-refractivity contribution in [2.75, 3.05) is 13.7 Å². The smallest absolute Gasteiger partial charge is 0.127 e. The Morgan fingerprint density at radius 3 is 2.09 bits per heavy atom. The van der Waals surface area contributed by atoms with Crippen molar-refractivity contribution in [3.05, 3.63) is 72.3 Å². The molecule has 0 aliphatic rings. The molecule has 112 valence electrons. The molecule has 22 heavy (non-hydrogen) atoms.